The maximum Gasteiger partial charge on any atom is 0.324 e. The quantitative estimate of drug-likeness (QED) is 0.668. The molecule has 6 heteroatoms. The third-order valence-electron chi connectivity index (χ3n) is 4.90. The number of nitrogens with zero attached hydrogens (tertiary/aromatic N) is 4. The van der Waals surface area contributed by atoms with Crippen LogP contribution in [0.4, 0.5) is 6.01 Å². The Bertz CT molecular complexity index is 868. The molecule has 1 fully saturated rings. The van der Waals surface area contributed by atoms with Gasteiger partial charge in [0, 0.05) is 44.2 Å². The summed E-state index contributed by atoms with van der Waals surface area (Å²) in [6.45, 7) is 6.88. The van der Waals surface area contributed by atoms with Crippen LogP contribution in [0.3, 0.4) is 0 Å². The minimum atomic E-state index is 0.619. The van der Waals surface area contributed by atoms with Gasteiger partial charge in [0.15, 0.2) is 5.82 Å². The van der Waals surface area contributed by atoms with Crippen molar-refractivity contribution in [3.63, 3.8) is 0 Å². The van der Waals surface area contributed by atoms with E-state index in [9.17, 15) is 0 Å². The maximum atomic E-state index is 5.93. The molecule has 1 saturated heterocycles. The van der Waals surface area contributed by atoms with Gasteiger partial charge in [0.25, 0.3) is 0 Å². The van der Waals surface area contributed by atoms with Gasteiger partial charge in [0.05, 0.1) is 0 Å². The van der Waals surface area contributed by atoms with Crippen molar-refractivity contribution >= 4 is 17.6 Å². The molecule has 3 aromatic rings. The number of hydrogen-bond donors (Lipinski definition) is 0. The summed E-state index contributed by atoms with van der Waals surface area (Å²) in [6.07, 6.45) is 0.647. The van der Waals surface area contributed by atoms with Crippen LogP contribution < -0.4 is 4.90 Å². The number of halogens is 1. The predicted molar refractivity (Wildman–Crippen MR) is 107 cm³/mol. The van der Waals surface area contributed by atoms with Crippen LogP contribution in [-0.2, 0) is 13.0 Å². The van der Waals surface area contributed by atoms with Crippen LogP contribution in [0.5, 0.6) is 0 Å². The van der Waals surface area contributed by atoms with E-state index in [0.717, 1.165) is 43.3 Å². The Labute approximate surface area is 164 Å². The summed E-state index contributed by atoms with van der Waals surface area (Å²) in [4.78, 5) is 9.20. The summed E-state index contributed by atoms with van der Waals surface area (Å²) in [5.74, 6) is 0.703. The molecule has 0 amide bonds. The summed E-state index contributed by atoms with van der Waals surface area (Å²) in [6, 6.07) is 17.1. The first-order valence-electron chi connectivity index (χ1n) is 9.25. The molecule has 2 aromatic carbocycles. The number of rotatable bonds is 5. The van der Waals surface area contributed by atoms with E-state index in [1.807, 2.05) is 24.3 Å². The number of aromatic nitrogens is 2. The zero-order chi connectivity index (χ0) is 18.6. The molecular formula is C21H23ClN4O. The highest BCUT2D eigenvalue weighted by atomic mass is 35.5. The normalized spacial score (nSPS) is 15.3. The first-order valence-corrected chi connectivity index (χ1v) is 9.63. The Morgan fingerprint density at radius 1 is 0.926 bits per heavy atom. The predicted octanol–water partition coefficient (Wildman–Crippen LogP) is 3.94. The van der Waals surface area contributed by atoms with Crippen molar-refractivity contribution in [2.24, 2.45) is 0 Å². The van der Waals surface area contributed by atoms with Crippen LogP contribution in [0.15, 0.2) is 53.1 Å². The summed E-state index contributed by atoms with van der Waals surface area (Å²) < 4.78 is 5.49. The number of anilines is 1. The largest absolute Gasteiger partial charge is 0.324 e. The van der Waals surface area contributed by atoms with Crippen LogP contribution >= 0.6 is 11.6 Å². The van der Waals surface area contributed by atoms with E-state index in [-0.39, 0.29) is 0 Å². The second-order valence-electron chi connectivity index (χ2n) is 7.05. The van der Waals surface area contributed by atoms with Crippen LogP contribution in [0.2, 0.25) is 5.02 Å². The average molecular weight is 383 g/mol. The van der Waals surface area contributed by atoms with Gasteiger partial charge in [-0.2, -0.15) is 4.98 Å². The van der Waals surface area contributed by atoms with Gasteiger partial charge in [0.2, 0.25) is 0 Å². The Hall–Kier alpha value is -2.37. The lowest BCUT2D eigenvalue weighted by Gasteiger charge is -2.33. The molecule has 2 heterocycles. The van der Waals surface area contributed by atoms with Gasteiger partial charge in [-0.1, -0.05) is 58.7 Å². The average Bonchev–Trinajstić information content (AvgIpc) is 3.15. The zero-order valence-electron chi connectivity index (χ0n) is 15.4. The van der Waals surface area contributed by atoms with Crippen LogP contribution in [0.25, 0.3) is 0 Å². The van der Waals surface area contributed by atoms with Crippen molar-refractivity contribution in [1.29, 1.82) is 0 Å². The summed E-state index contributed by atoms with van der Waals surface area (Å²) in [5.41, 5.74) is 3.78. The summed E-state index contributed by atoms with van der Waals surface area (Å²) in [7, 11) is 0. The first-order chi connectivity index (χ1) is 13.2. The van der Waals surface area contributed by atoms with Crippen LogP contribution in [0.1, 0.15) is 22.5 Å². The van der Waals surface area contributed by atoms with E-state index >= 15 is 0 Å². The molecule has 0 N–H and O–H groups in total. The van der Waals surface area contributed by atoms with E-state index in [4.69, 9.17) is 16.1 Å². The van der Waals surface area contributed by atoms with Gasteiger partial charge in [0.1, 0.15) is 0 Å². The third-order valence-corrected chi connectivity index (χ3v) is 5.15. The maximum absolute atomic E-state index is 5.93. The minimum absolute atomic E-state index is 0.619. The highest BCUT2D eigenvalue weighted by molar-refractivity contribution is 6.30. The van der Waals surface area contributed by atoms with Crippen LogP contribution in [-0.4, -0.2) is 41.2 Å². The van der Waals surface area contributed by atoms with E-state index in [1.54, 1.807) is 0 Å². The smallest absolute Gasteiger partial charge is 0.322 e. The highest BCUT2D eigenvalue weighted by Crippen LogP contribution is 2.18. The number of benzene rings is 2. The molecule has 0 bridgehead atoms. The fourth-order valence-electron chi connectivity index (χ4n) is 3.28. The molecule has 140 valence electrons. The Morgan fingerprint density at radius 2 is 1.59 bits per heavy atom. The van der Waals surface area contributed by atoms with Crippen molar-refractivity contribution in [3.8, 4) is 0 Å². The van der Waals surface area contributed by atoms with Gasteiger partial charge in [-0.15, -0.1) is 0 Å². The SMILES string of the molecule is Cc1ccc(CN2CCN(c3nc(Cc4ccc(Cl)cc4)no3)CC2)cc1. The van der Waals surface area contributed by atoms with Crippen molar-refractivity contribution in [3.05, 3.63) is 76.1 Å². The van der Waals surface area contributed by atoms with Gasteiger partial charge in [-0.25, -0.2) is 0 Å². The molecule has 27 heavy (non-hydrogen) atoms. The summed E-state index contributed by atoms with van der Waals surface area (Å²) >= 11 is 5.93. The molecule has 0 saturated carbocycles. The molecule has 0 aliphatic carbocycles. The molecule has 1 aliphatic heterocycles. The molecule has 0 unspecified atom stereocenters. The van der Waals surface area contributed by atoms with Crippen molar-refractivity contribution in [1.82, 2.24) is 15.0 Å². The fraction of sp³-hybridized carbons (Fsp3) is 0.333. The monoisotopic (exact) mass is 382 g/mol. The van der Waals surface area contributed by atoms with Crippen molar-refractivity contribution in [2.75, 3.05) is 31.1 Å². The Kier molecular flexibility index (Phi) is 5.41. The molecule has 0 atom stereocenters. The zero-order valence-corrected chi connectivity index (χ0v) is 16.2. The van der Waals surface area contributed by atoms with E-state index in [0.29, 0.717) is 18.3 Å². The molecule has 0 radical (unpaired) electrons. The summed E-state index contributed by atoms with van der Waals surface area (Å²) in [5, 5.41) is 4.86. The van der Waals surface area contributed by atoms with Crippen LogP contribution in [0, 0.1) is 6.92 Å². The minimum Gasteiger partial charge on any atom is -0.322 e. The van der Waals surface area contributed by atoms with Gasteiger partial charge >= 0.3 is 6.01 Å². The Morgan fingerprint density at radius 3 is 2.30 bits per heavy atom. The topological polar surface area (TPSA) is 45.4 Å². The molecule has 1 aromatic heterocycles. The molecule has 5 nitrogen and oxygen atoms in total. The molecule has 0 spiro atoms. The molecular weight excluding hydrogens is 360 g/mol. The van der Waals surface area contributed by atoms with Gasteiger partial charge in [-0.05, 0) is 30.2 Å². The van der Waals surface area contributed by atoms with Gasteiger partial charge < -0.3 is 9.42 Å². The van der Waals surface area contributed by atoms with E-state index < -0.39 is 0 Å². The lowest BCUT2D eigenvalue weighted by atomic mass is 10.1. The number of aryl methyl sites for hydroxylation is 1. The first kappa shape index (κ1) is 18.0. The van der Waals surface area contributed by atoms with Crippen molar-refractivity contribution < 1.29 is 4.52 Å². The lowest BCUT2D eigenvalue weighted by Crippen LogP contribution is -2.46. The van der Waals surface area contributed by atoms with E-state index in [1.165, 1.54) is 11.1 Å². The second-order valence-corrected chi connectivity index (χ2v) is 7.48. The van der Waals surface area contributed by atoms with E-state index in [2.05, 4.69) is 51.1 Å². The molecule has 1 aliphatic rings. The second kappa shape index (κ2) is 8.11. The highest BCUT2D eigenvalue weighted by Gasteiger charge is 2.21. The number of piperazine rings is 1. The van der Waals surface area contributed by atoms with Crippen molar-refractivity contribution in [2.45, 2.75) is 19.9 Å². The lowest BCUT2D eigenvalue weighted by molar-refractivity contribution is 0.242. The number of hydrogen-bond acceptors (Lipinski definition) is 5. The molecule has 4 rings (SSSR count). The fourth-order valence-corrected chi connectivity index (χ4v) is 3.40. The van der Waals surface area contributed by atoms with Gasteiger partial charge in [-0.3, -0.25) is 4.90 Å². The third kappa shape index (κ3) is 4.67. The Balaban J connectivity index is 1.31. The standard InChI is InChI=1S/C21H23ClN4O/c1-16-2-4-18(5-3-16)15-25-10-12-26(13-11-25)21-23-20(24-27-21)14-17-6-8-19(22)9-7-17/h2-9H,10-15H2,1H3.